The van der Waals surface area contributed by atoms with Gasteiger partial charge in [-0.05, 0) is 66.8 Å². The Morgan fingerprint density at radius 3 is 2.32 bits per heavy atom. The van der Waals surface area contributed by atoms with E-state index in [1.807, 2.05) is 48.5 Å². The molecule has 2 aromatic carbocycles. The molecule has 194 valence electrons. The molecule has 1 N–H and O–H groups in total. The number of hydrogen-bond donors (Lipinski definition) is 1. The highest BCUT2D eigenvalue weighted by atomic mass is 16.5. The lowest BCUT2D eigenvalue weighted by atomic mass is 10.0. The molecule has 1 saturated heterocycles. The van der Waals surface area contributed by atoms with E-state index in [0.29, 0.717) is 18.9 Å². The first kappa shape index (κ1) is 25.1. The van der Waals surface area contributed by atoms with E-state index in [9.17, 15) is 9.59 Å². The van der Waals surface area contributed by atoms with Crippen molar-refractivity contribution in [2.75, 3.05) is 36.1 Å². The van der Waals surface area contributed by atoms with Gasteiger partial charge in [0.25, 0.3) is 5.91 Å². The van der Waals surface area contributed by atoms with Gasteiger partial charge in [-0.25, -0.2) is 0 Å². The molecule has 2 fully saturated rings. The number of benzene rings is 2. The summed E-state index contributed by atoms with van der Waals surface area (Å²) in [5.74, 6) is -0.327. The van der Waals surface area contributed by atoms with Crippen LogP contribution in [0.3, 0.4) is 0 Å². The SMILES string of the molecule is CCc1ccc(N(C(=O)c2ccco2)[C@H](C(=O)NC2CCCC2)c2ccc(N3CCOCC3)cc2)cc1. The maximum atomic E-state index is 13.9. The van der Waals surface area contributed by atoms with Crippen LogP contribution in [0.4, 0.5) is 11.4 Å². The molecule has 7 nitrogen and oxygen atoms in total. The lowest BCUT2D eigenvalue weighted by molar-refractivity contribution is -0.123. The fourth-order valence-corrected chi connectivity index (χ4v) is 5.25. The molecule has 1 saturated carbocycles. The largest absolute Gasteiger partial charge is 0.459 e. The number of morpholine rings is 1. The van der Waals surface area contributed by atoms with Gasteiger partial charge in [0.2, 0.25) is 5.91 Å². The minimum Gasteiger partial charge on any atom is -0.459 e. The Hall–Kier alpha value is -3.58. The lowest BCUT2D eigenvalue weighted by Crippen LogP contribution is -2.46. The van der Waals surface area contributed by atoms with Crippen molar-refractivity contribution in [1.29, 1.82) is 0 Å². The molecule has 0 radical (unpaired) electrons. The standard InChI is InChI=1S/C30H35N3O4/c1-2-22-9-13-26(14-10-22)33(30(35)27-8-5-19-37-27)28(29(34)31-24-6-3-4-7-24)23-11-15-25(16-12-23)32-17-20-36-21-18-32/h5,8-16,19,24,28H,2-4,6-7,17-18,20-21H2,1H3,(H,31,34)/t28-/m0/s1. The highest BCUT2D eigenvalue weighted by Crippen LogP contribution is 2.32. The van der Waals surface area contributed by atoms with Crippen LogP contribution in [-0.4, -0.2) is 44.2 Å². The first-order valence-electron chi connectivity index (χ1n) is 13.3. The van der Waals surface area contributed by atoms with Gasteiger partial charge in [-0.3, -0.25) is 14.5 Å². The van der Waals surface area contributed by atoms with Crippen molar-refractivity contribution in [2.24, 2.45) is 0 Å². The molecule has 5 rings (SSSR count). The molecule has 1 aromatic heterocycles. The number of furan rings is 1. The smallest absolute Gasteiger partial charge is 0.294 e. The topological polar surface area (TPSA) is 75.0 Å². The molecular weight excluding hydrogens is 466 g/mol. The molecule has 0 unspecified atom stereocenters. The summed E-state index contributed by atoms with van der Waals surface area (Å²) < 4.78 is 11.0. The Balaban J connectivity index is 1.54. The Bertz CT molecular complexity index is 1160. The van der Waals surface area contributed by atoms with Crippen molar-refractivity contribution < 1.29 is 18.7 Å². The van der Waals surface area contributed by atoms with E-state index in [4.69, 9.17) is 9.15 Å². The average Bonchev–Trinajstić information content (AvgIpc) is 3.67. The normalized spacial score (nSPS) is 16.9. The van der Waals surface area contributed by atoms with Crippen molar-refractivity contribution in [2.45, 2.75) is 51.1 Å². The Labute approximate surface area is 218 Å². The molecule has 37 heavy (non-hydrogen) atoms. The minimum absolute atomic E-state index is 0.130. The zero-order valence-corrected chi connectivity index (χ0v) is 21.4. The molecule has 1 aliphatic heterocycles. The van der Waals surface area contributed by atoms with Crippen LogP contribution in [-0.2, 0) is 16.0 Å². The summed E-state index contributed by atoms with van der Waals surface area (Å²) in [6.45, 7) is 5.16. The van der Waals surface area contributed by atoms with E-state index in [-0.39, 0.29) is 23.6 Å². The van der Waals surface area contributed by atoms with E-state index in [1.165, 1.54) is 6.26 Å². The number of nitrogens with zero attached hydrogens (tertiary/aromatic N) is 2. The summed E-state index contributed by atoms with van der Waals surface area (Å²) in [7, 11) is 0. The zero-order chi connectivity index (χ0) is 25.6. The first-order valence-corrected chi connectivity index (χ1v) is 13.3. The molecule has 2 aliphatic rings. The number of ether oxygens (including phenoxy) is 1. The van der Waals surface area contributed by atoms with Gasteiger partial charge in [0.15, 0.2) is 5.76 Å². The fraction of sp³-hybridized carbons (Fsp3) is 0.400. The van der Waals surface area contributed by atoms with Crippen molar-refractivity contribution in [3.8, 4) is 0 Å². The summed E-state index contributed by atoms with van der Waals surface area (Å²) in [6, 6.07) is 18.5. The number of carbonyl (C=O) groups is 2. The molecule has 0 bridgehead atoms. The maximum absolute atomic E-state index is 13.9. The van der Waals surface area contributed by atoms with Gasteiger partial charge < -0.3 is 19.4 Å². The van der Waals surface area contributed by atoms with Crippen LogP contribution >= 0.6 is 0 Å². The van der Waals surface area contributed by atoms with Gasteiger partial charge in [0.05, 0.1) is 19.5 Å². The highest BCUT2D eigenvalue weighted by Gasteiger charge is 2.36. The monoisotopic (exact) mass is 501 g/mol. The van der Waals surface area contributed by atoms with Gasteiger partial charge in [-0.1, -0.05) is 44.0 Å². The third-order valence-electron chi connectivity index (χ3n) is 7.37. The molecule has 1 aliphatic carbocycles. The van der Waals surface area contributed by atoms with Crippen LogP contribution < -0.4 is 15.1 Å². The quantitative estimate of drug-likeness (QED) is 0.463. The van der Waals surface area contributed by atoms with E-state index in [0.717, 1.165) is 62.0 Å². The summed E-state index contributed by atoms with van der Waals surface area (Å²) in [6.07, 6.45) is 6.52. The van der Waals surface area contributed by atoms with E-state index < -0.39 is 6.04 Å². The number of rotatable bonds is 8. The second kappa shape index (κ2) is 11.6. The van der Waals surface area contributed by atoms with Gasteiger partial charge in [0, 0.05) is 30.5 Å². The third-order valence-corrected chi connectivity index (χ3v) is 7.37. The van der Waals surface area contributed by atoms with Crippen LogP contribution in [0.25, 0.3) is 0 Å². The molecule has 2 heterocycles. The lowest BCUT2D eigenvalue weighted by Gasteiger charge is -2.33. The number of carbonyl (C=O) groups excluding carboxylic acids is 2. The molecule has 1 atom stereocenters. The number of aryl methyl sites for hydroxylation is 1. The van der Waals surface area contributed by atoms with Crippen molar-refractivity contribution >= 4 is 23.2 Å². The second-order valence-corrected chi connectivity index (χ2v) is 9.76. The zero-order valence-electron chi connectivity index (χ0n) is 21.4. The number of nitrogens with one attached hydrogen (secondary N) is 1. The summed E-state index contributed by atoms with van der Waals surface area (Å²) in [5, 5.41) is 3.24. The van der Waals surface area contributed by atoms with Crippen molar-refractivity contribution in [3.05, 3.63) is 83.8 Å². The van der Waals surface area contributed by atoms with Gasteiger partial charge in [-0.2, -0.15) is 0 Å². The van der Waals surface area contributed by atoms with Gasteiger partial charge in [-0.15, -0.1) is 0 Å². The number of anilines is 2. The average molecular weight is 502 g/mol. The van der Waals surface area contributed by atoms with Crippen LogP contribution in [0.2, 0.25) is 0 Å². The van der Waals surface area contributed by atoms with Crippen molar-refractivity contribution in [3.63, 3.8) is 0 Å². The second-order valence-electron chi connectivity index (χ2n) is 9.76. The van der Waals surface area contributed by atoms with Crippen LogP contribution in [0.5, 0.6) is 0 Å². The van der Waals surface area contributed by atoms with Crippen LogP contribution in [0, 0.1) is 0 Å². The number of amides is 2. The molecule has 0 spiro atoms. The predicted octanol–water partition coefficient (Wildman–Crippen LogP) is 5.13. The van der Waals surface area contributed by atoms with Crippen LogP contribution in [0.15, 0.2) is 71.3 Å². The summed E-state index contributed by atoms with van der Waals surface area (Å²) in [5.41, 5.74) is 3.66. The van der Waals surface area contributed by atoms with Gasteiger partial charge >= 0.3 is 0 Å². The number of hydrogen-bond acceptors (Lipinski definition) is 5. The first-order chi connectivity index (χ1) is 18.1. The van der Waals surface area contributed by atoms with E-state index in [1.54, 1.807) is 17.0 Å². The summed E-state index contributed by atoms with van der Waals surface area (Å²) >= 11 is 0. The van der Waals surface area contributed by atoms with Gasteiger partial charge in [0.1, 0.15) is 6.04 Å². The Morgan fingerprint density at radius 2 is 1.70 bits per heavy atom. The minimum atomic E-state index is -0.843. The Kier molecular flexibility index (Phi) is 7.90. The summed E-state index contributed by atoms with van der Waals surface area (Å²) in [4.78, 5) is 31.6. The molecule has 2 amide bonds. The molecule has 3 aromatic rings. The molecule has 7 heteroatoms. The van der Waals surface area contributed by atoms with E-state index in [2.05, 4.69) is 17.1 Å². The van der Waals surface area contributed by atoms with E-state index >= 15 is 0 Å². The van der Waals surface area contributed by atoms with Crippen molar-refractivity contribution in [1.82, 2.24) is 5.32 Å². The third kappa shape index (κ3) is 5.72. The Morgan fingerprint density at radius 1 is 1.00 bits per heavy atom. The van der Waals surface area contributed by atoms with Crippen LogP contribution in [0.1, 0.15) is 60.3 Å². The highest BCUT2D eigenvalue weighted by molar-refractivity contribution is 6.08. The predicted molar refractivity (Wildman–Crippen MR) is 144 cm³/mol. The molecular formula is C30H35N3O4. The maximum Gasteiger partial charge on any atom is 0.294 e. The fourth-order valence-electron chi connectivity index (χ4n) is 5.25.